The molecule has 1 unspecified atom stereocenters. The third kappa shape index (κ3) is 2.46. The minimum atomic E-state index is -0.831. The van der Waals surface area contributed by atoms with Crippen LogP contribution in [0.25, 0.3) is 0 Å². The highest BCUT2D eigenvalue weighted by Crippen LogP contribution is 2.19. The molecule has 0 amide bonds. The van der Waals surface area contributed by atoms with Gasteiger partial charge in [0.1, 0.15) is 5.82 Å². The Hall–Kier alpha value is -2.00. The molecule has 0 aromatic heterocycles. The van der Waals surface area contributed by atoms with Crippen LogP contribution in [-0.4, -0.2) is 5.78 Å². The van der Waals surface area contributed by atoms with Gasteiger partial charge >= 0.3 is 0 Å². The number of halogens is 1. The second-order valence-electron chi connectivity index (χ2n) is 4.24. The van der Waals surface area contributed by atoms with Gasteiger partial charge in [-0.1, -0.05) is 42.0 Å². The first-order chi connectivity index (χ1) is 8.59. The molecular formula is C15H14FNO. The maximum atomic E-state index is 13.6. The third-order valence-corrected chi connectivity index (χ3v) is 2.83. The zero-order valence-electron chi connectivity index (χ0n) is 10.1. The Morgan fingerprint density at radius 1 is 1.17 bits per heavy atom. The number of nitrogens with two attached hydrogens (primary N) is 1. The number of hydrogen-bond acceptors (Lipinski definition) is 2. The second-order valence-corrected chi connectivity index (χ2v) is 4.24. The predicted octanol–water partition coefficient (Wildman–Crippen LogP) is 3.02. The first kappa shape index (κ1) is 12.5. The molecule has 3 heteroatoms. The summed E-state index contributed by atoms with van der Waals surface area (Å²) in [6.07, 6.45) is 0. The minimum Gasteiger partial charge on any atom is -0.318 e. The topological polar surface area (TPSA) is 43.1 Å². The summed E-state index contributed by atoms with van der Waals surface area (Å²) in [4.78, 5) is 12.2. The monoisotopic (exact) mass is 243 g/mol. The van der Waals surface area contributed by atoms with E-state index in [9.17, 15) is 9.18 Å². The molecular weight excluding hydrogens is 229 g/mol. The van der Waals surface area contributed by atoms with Crippen molar-refractivity contribution in [2.24, 2.45) is 5.73 Å². The molecule has 0 aliphatic rings. The van der Waals surface area contributed by atoms with Crippen molar-refractivity contribution in [1.82, 2.24) is 0 Å². The summed E-state index contributed by atoms with van der Waals surface area (Å²) in [7, 11) is 0. The summed E-state index contributed by atoms with van der Waals surface area (Å²) in [5.41, 5.74) is 7.44. The summed E-state index contributed by atoms with van der Waals surface area (Å²) in [5.74, 6) is -0.931. The van der Waals surface area contributed by atoms with Crippen LogP contribution in [0, 0.1) is 12.7 Å². The van der Waals surface area contributed by atoms with Crippen LogP contribution in [0.5, 0.6) is 0 Å². The Balaban J connectivity index is 2.34. The number of carbonyl (C=O) groups is 1. The summed E-state index contributed by atoms with van der Waals surface area (Å²) in [5, 5.41) is 0. The molecule has 0 spiro atoms. The van der Waals surface area contributed by atoms with Crippen LogP contribution < -0.4 is 5.73 Å². The smallest absolute Gasteiger partial charge is 0.186 e. The van der Waals surface area contributed by atoms with Gasteiger partial charge in [0.15, 0.2) is 5.78 Å². The van der Waals surface area contributed by atoms with Crippen molar-refractivity contribution in [1.29, 1.82) is 0 Å². The normalized spacial score (nSPS) is 12.2. The van der Waals surface area contributed by atoms with E-state index in [1.54, 1.807) is 30.3 Å². The molecule has 0 fully saturated rings. The second kappa shape index (κ2) is 5.10. The van der Waals surface area contributed by atoms with Gasteiger partial charge in [-0.2, -0.15) is 0 Å². The lowest BCUT2D eigenvalue weighted by molar-refractivity contribution is 0.0957. The molecule has 0 aliphatic heterocycles. The van der Waals surface area contributed by atoms with Crippen LogP contribution >= 0.6 is 0 Å². The van der Waals surface area contributed by atoms with Gasteiger partial charge < -0.3 is 5.73 Å². The molecule has 0 radical (unpaired) electrons. The van der Waals surface area contributed by atoms with Gasteiger partial charge in [0, 0.05) is 0 Å². The van der Waals surface area contributed by atoms with Crippen molar-refractivity contribution < 1.29 is 9.18 Å². The molecule has 2 rings (SSSR count). The highest BCUT2D eigenvalue weighted by Gasteiger charge is 2.20. The van der Waals surface area contributed by atoms with Gasteiger partial charge in [-0.05, 0) is 24.6 Å². The van der Waals surface area contributed by atoms with E-state index in [0.29, 0.717) is 5.56 Å². The largest absolute Gasteiger partial charge is 0.318 e. The Kier molecular flexibility index (Phi) is 3.53. The fourth-order valence-electron chi connectivity index (χ4n) is 1.81. The summed E-state index contributed by atoms with van der Waals surface area (Å²) < 4.78 is 13.6. The Morgan fingerprint density at radius 2 is 1.83 bits per heavy atom. The van der Waals surface area contributed by atoms with Gasteiger partial charge in [0.05, 0.1) is 11.6 Å². The molecule has 92 valence electrons. The van der Waals surface area contributed by atoms with Crippen LogP contribution in [0.1, 0.15) is 27.5 Å². The average Bonchev–Trinajstić information content (AvgIpc) is 2.41. The van der Waals surface area contributed by atoms with E-state index in [1.807, 2.05) is 13.0 Å². The van der Waals surface area contributed by atoms with Gasteiger partial charge in [0.25, 0.3) is 0 Å². The fraction of sp³-hybridized carbons (Fsp3) is 0.133. The molecule has 0 heterocycles. The SMILES string of the molecule is Cc1ccc(F)c(C(=O)C(N)c2ccccc2)c1. The number of aryl methyl sites for hydroxylation is 1. The standard InChI is InChI=1S/C15H14FNO/c1-10-7-8-13(16)12(9-10)15(18)14(17)11-5-3-2-4-6-11/h2-9,14H,17H2,1H3. The van der Waals surface area contributed by atoms with Crippen LogP contribution in [0.15, 0.2) is 48.5 Å². The number of ketones is 1. The summed E-state index contributed by atoms with van der Waals surface area (Å²) >= 11 is 0. The highest BCUT2D eigenvalue weighted by molar-refractivity contribution is 6.00. The van der Waals surface area contributed by atoms with Crippen molar-refractivity contribution in [3.8, 4) is 0 Å². The third-order valence-electron chi connectivity index (χ3n) is 2.83. The Bertz CT molecular complexity index is 566. The maximum absolute atomic E-state index is 13.6. The number of Topliss-reactive ketones (excluding diaryl/α,β-unsaturated/α-hetero) is 1. The van der Waals surface area contributed by atoms with E-state index < -0.39 is 17.6 Å². The van der Waals surface area contributed by atoms with Crippen molar-refractivity contribution in [2.45, 2.75) is 13.0 Å². The molecule has 0 saturated carbocycles. The van der Waals surface area contributed by atoms with Gasteiger partial charge in [-0.25, -0.2) is 4.39 Å². The van der Waals surface area contributed by atoms with Crippen LogP contribution in [0.4, 0.5) is 4.39 Å². The minimum absolute atomic E-state index is 0.0475. The van der Waals surface area contributed by atoms with E-state index in [2.05, 4.69) is 0 Å². The van der Waals surface area contributed by atoms with Gasteiger partial charge in [0.2, 0.25) is 0 Å². The van der Waals surface area contributed by atoms with E-state index >= 15 is 0 Å². The lowest BCUT2D eigenvalue weighted by Gasteiger charge is -2.12. The van der Waals surface area contributed by atoms with E-state index in [1.165, 1.54) is 12.1 Å². The zero-order chi connectivity index (χ0) is 13.1. The van der Waals surface area contributed by atoms with Crippen LogP contribution in [0.2, 0.25) is 0 Å². The summed E-state index contributed by atoms with van der Waals surface area (Å²) in [6.45, 7) is 1.81. The van der Waals surface area contributed by atoms with Crippen molar-refractivity contribution >= 4 is 5.78 Å². The molecule has 18 heavy (non-hydrogen) atoms. The molecule has 2 nitrogen and oxygen atoms in total. The van der Waals surface area contributed by atoms with Gasteiger partial charge in [-0.3, -0.25) is 4.79 Å². The highest BCUT2D eigenvalue weighted by atomic mass is 19.1. The number of benzene rings is 2. The number of rotatable bonds is 3. The first-order valence-electron chi connectivity index (χ1n) is 5.70. The van der Waals surface area contributed by atoms with Gasteiger partial charge in [-0.15, -0.1) is 0 Å². The summed E-state index contributed by atoms with van der Waals surface area (Å²) in [6, 6.07) is 12.6. The van der Waals surface area contributed by atoms with Crippen molar-refractivity contribution in [3.63, 3.8) is 0 Å². The average molecular weight is 243 g/mol. The molecule has 2 N–H and O–H groups in total. The van der Waals surface area contributed by atoms with E-state index in [4.69, 9.17) is 5.73 Å². The lowest BCUT2D eigenvalue weighted by atomic mass is 9.97. The molecule has 1 atom stereocenters. The van der Waals surface area contributed by atoms with E-state index in [0.717, 1.165) is 5.56 Å². The zero-order valence-corrected chi connectivity index (χ0v) is 10.1. The lowest BCUT2D eigenvalue weighted by Crippen LogP contribution is -2.22. The molecule has 0 saturated heterocycles. The van der Waals surface area contributed by atoms with Crippen LogP contribution in [-0.2, 0) is 0 Å². The quantitative estimate of drug-likeness (QED) is 0.842. The molecule has 0 bridgehead atoms. The predicted molar refractivity (Wildman–Crippen MR) is 68.8 cm³/mol. The van der Waals surface area contributed by atoms with Crippen molar-refractivity contribution in [2.75, 3.05) is 0 Å². The Labute approximate surface area is 105 Å². The van der Waals surface area contributed by atoms with Crippen LogP contribution in [0.3, 0.4) is 0 Å². The number of hydrogen-bond donors (Lipinski definition) is 1. The van der Waals surface area contributed by atoms with Crippen molar-refractivity contribution in [3.05, 3.63) is 71.0 Å². The molecule has 2 aromatic rings. The fourth-order valence-corrected chi connectivity index (χ4v) is 1.81. The molecule has 2 aromatic carbocycles. The maximum Gasteiger partial charge on any atom is 0.186 e. The van der Waals surface area contributed by atoms with E-state index in [-0.39, 0.29) is 5.56 Å². The Morgan fingerprint density at radius 3 is 2.50 bits per heavy atom. The number of carbonyl (C=O) groups excluding carboxylic acids is 1. The first-order valence-corrected chi connectivity index (χ1v) is 5.70. The molecule has 0 aliphatic carbocycles.